The molecule has 0 saturated carbocycles. The van der Waals surface area contributed by atoms with E-state index in [9.17, 15) is 5.11 Å². The van der Waals surface area contributed by atoms with Crippen molar-refractivity contribution in [3.63, 3.8) is 0 Å². The molecule has 4 heteroatoms. The maximum absolute atomic E-state index is 10.2. The van der Waals surface area contributed by atoms with E-state index in [1.54, 1.807) is 14.2 Å². The van der Waals surface area contributed by atoms with Crippen molar-refractivity contribution in [1.82, 2.24) is 4.90 Å². The number of allylic oxidation sites excluding steroid dienone is 1. The molecule has 1 unspecified atom stereocenters. The highest BCUT2D eigenvalue weighted by atomic mass is 16.5. The van der Waals surface area contributed by atoms with Gasteiger partial charge in [0, 0.05) is 26.1 Å². The molecular weight excluding hydrogens is 266 g/mol. The molecule has 0 amide bonds. The molecule has 1 aliphatic carbocycles. The fourth-order valence-electron chi connectivity index (χ4n) is 3.45. The molecule has 0 bridgehead atoms. The highest BCUT2D eigenvalue weighted by Crippen LogP contribution is 2.50. The van der Waals surface area contributed by atoms with Crippen molar-refractivity contribution in [2.45, 2.75) is 30.8 Å². The topological polar surface area (TPSA) is 41.9 Å². The Morgan fingerprint density at radius 2 is 2.10 bits per heavy atom. The van der Waals surface area contributed by atoms with Crippen molar-refractivity contribution in [3.8, 4) is 11.5 Å². The van der Waals surface area contributed by atoms with E-state index in [1.165, 1.54) is 0 Å². The van der Waals surface area contributed by atoms with E-state index in [2.05, 4.69) is 0 Å². The lowest BCUT2D eigenvalue weighted by Crippen LogP contribution is -2.33. The van der Waals surface area contributed by atoms with Crippen molar-refractivity contribution >= 4 is 0 Å². The van der Waals surface area contributed by atoms with Gasteiger partial charge in [0.1, 0.15) is 0 Å². The Bertz CT molecular complexity index is 649. The average Bonchev–Trinajstić information content (AvgIpc) is 2.89. The third kappa shape index (κ3) is 2.18. The van der Waals surface area contributed by atoms with E-state index in [-0.39, 0.29) is 6.05 Å². The van der Waals surface area contributed by atoms with Crippen molar-refractivity contribution in [2.24, 2.45) is 0 Å². The molecule has 1 N–H and O–H groups in total. The molecule has 2 aliphatic rings. The Kier molecular flexibility index (Phi) is 2.99. The largest absolute Gasteiger partial charge is 0.493 e. The number of aliphatic hydroxyl groups excluding tert-OH is 1. The van der Waals surface area contributed by atoms with E-state index in [1.807, 2.05) is 30.1 Å². The number of hydrogen-bond acceptors (Lipinski definition) is 4. The molecular formula is C17H23NO3. The van der Waals surface area contributed by atoms with E-state index in [4.69, 9.17) is 12.2 Å². The van der Waals surface area contributed by atoms with Crippen LogP contribution in [-0.2, 0) is 5.41 Å². The van der Waals surface area contributed by atoms with Crippen LogP contribution in [0, 0.1) is 0 Å². The molecule has 21 heavy (non-hydrogen) atoms. The molecule has 3 atom stereocenters. The Labute approximate surface area is 128 Å². The minimum absolute atomic E-state index is 0.172. The van der Waals surface area contributed by atoms with Gasteiger partial charge in [-0.05, 0) is 43.0 Å². The number of nitrogens with zero attached hydrogens (tertiary/aromatic N) is 1. The van der Waals surface area contributed by atoms with Gasteiger partial charge < -0.3 is 19.5 Å². The standard InChI is InChI=1S/C17H23NO3/c1-18-9-8-17(7-6-13(19)11-16(17)18)12-4-5-14(20-2)15(10-12)21-3/h4-5,10-11,13,19H,6-9H2,1-3H3/t13-,17-/m0/s1/i6D,11D/t6?,13-,17-. The third-order valence-corrected chi connectivity index (χ3v) is 4.62. The number of ether oxygens (including phenoxy) is 2. The number of benzene rings is 1. The van der Waals surface area contributed by atoms with E-state index >= 15 is 0 Å². The summed E-state index contributed by atoms with van der Waals surface area (Å²) in [6.45, 7) is 0.811. The van der Waals surface area contributed by atoms with Gasteiger partial charge in [-0.1, -0.05) is 6.07 Å². The summed E-state index contributed by atoms with van der Waals surface area (Å²) in [6.07, 6.45) is -0.366. The van der Waals surface area contributed by atoms with Gasteiger partial charge in [-0.3, -0.25) is 0 Å². The summed E-state index contributed by atoms with van der Waals surface area (Å²) in [6, 6.07) is 5.96. The highest BCUT2D eigenvalue weighted by Gasteiger charge is 2.45. The summed E-state index contributed by atoms with van der Waals surface area (Å²) in [7, 11) is 5.15. The molecule has 0 radical (unpaired) electrons. The van der Waals surface area contributed by atoms with Gasteiger partial charge in [-0.25, -0.2) is 0 Å². The van der Waals surface area contributed by atoms with Crippen LogP contribution in [0.1, 0.15) is 27.5 Å². The van der Waals surface area contributed by atoms with Crippen LogP contribution in [0.25, 0.3) is 0 Å². The lowest BCUT2D eigenvalue weighted by molar-refractivity contribution is 0.181. The summed E-state index contributed by atoms with van der Waals surface area (Å²) in [5, 5.41) is 10.2. The first-order valence-corrected chi connectivity index (χ1v) is 7.20. The predicted octanol–water partition coefficient (Wildman–Crippen LogP) is 2.32. The van der Waals surface area contributed by atoms with Crippen LogP contribution in [0.15, 0.2) is 29.9 Å². The molecule has 1 fully saturated rings. The van der Waals surface area contributed by atoms with Gasteiger partial charge in [0.15, 0.2) is 11.5 Å². The summed E-state index contributed by atoms with van der Waals surface area (Å²) in [4.78, 5) is 2.04. The maximum Gasteiger partial charge on any atom is 0.161 e. The molecule has 3 rings (SSSR count). The Morgan fingerprint density at radius 1 is 1.33 bits per heavy atom. The van der Waals surface area contributed by atoms with Gasteiger partial charge in [-0.15, -0.1) is 0 Å². The minimum Gasteiger partial charge on any atom is -0.493 e. The van der Waals surface area contributed by atoms with Crippen molar-refractivity contribution in [1.29, 1.82) is 0 Å². The van der Waals surface area contributed by atoms with Crippen LogP contribution in [0.4, 0.5) is 0 Å². The van der Waals surface area contributed by atoms with Crippen molar-refractivity contribution < 1.29 is 17.3 Å². The number of rotatable bonds is 3. The lowest BCUT2D eigenvalue weighted by Gasteiger charge is -2.37. The smallest absolute Gasteiger partial charge is 0.161 e. The van der Waals surface area contributed by atoms with Crippen LogP contribution >= 0.6 is 0 Å². The lowest BCUT2D eigenvalue weighted by atomic mass is 9.70. The van der Waals surface area contributed by atoms with E-state index in [0.29, 0.717) is 17.9 Å². The van der Waals surface area contributed by atoms with Crippen molar-refractivity contribution in [3.05, 3.63) is 35.5 Å². The predicted molar refractivity (Wildman–Crippen MR) is 81.8 cm³/mol. The molecule has 0 aromatic heterocycles. The maximum atomic E-state index is 10.2. The Balaban J connectivity index is 2.17. The number of likely N-dealkylation sites (tertiary alicyclic amines) is 1. The molecule has 0 spiro atoms. The molecule has 114 valence electrons. The molecule has 1 aromatic rings. The van der Waals surface area contributed by atoms with Crippen molar-refractivity contribution in [2.75, 3.05) is 27.8 Å². The fraction of sp³-hybridized carbons (Fsp3) is 0.529. The first kappa shape index (κ1) is 11.9. The van der Waals surface area contributed by atoms with E-state index < -0.39 is 17.9 Å². The number of likely N-dealkylation sites (N-methyl/N-ethyl adjacent to an activating group) is 1. The zero-order valence-corrected chi connectivity index (χ0v) is 12.7. The molecule has 4 nitrogen and oxygen atoms in total. The molecule has 1 heterocycles. The second-order valence-corrected chi connectivity index (χ2v) is 5.70. The van der Waals surface area contributed by atoms with Crippen LogP contribution < -0.4 is 9.47 Å². The third-order valence-electron chi connectivity index (χ3n) is 4.62. The molecule has 1 aromatic carbocycles. The minimum atomic E-state index is -1.01. The monoisotopic (exact) mass is 291 g/mol. The average molecular weight is 291 g/mol. The van der Waals surface area contributed by atoms with Gasteiger partial charge in [0.2, 0.25) is 0 Å². The number of fused-ring (bicyclic) bond motifs is 1. The molecule has 1 saturated heterocycles. The van der Waals surface area contributed by atoms with E-state index in [0.717, 1.165) is 24.2 Å². The van der Waals surface area contributed by atoms with Gasteiger partial charge >= 0.3 is 0 Å². The second kappa shape index (κ2) is 5.26. The SMILES string of the molecule is [2H]C1=C2N(C)CC[C@]2(c2ccc(OC)c(OC)c2)CC([2H])[C@@H]1O. The summed E-state index contributed by atoms with van der Waals surface area (Å²) in [5.74, 6) is 1.31. The Morgan fingerprint density at radius 3 is 2.81 bits per heavy atom. The zero-order valence-electron chi connectivity index (χ0n) is 14.7. The quantitative estimate of drug-likeness (QED) is 0.928. The van der Waals surface area contributed by atoms with Gasteiger partial charge in [0.05, 0.1) is 21.7 Å². The molecule has 1 aliphatic heterocycles. The summed E-state index contributed by atoms with van der Waals surface area (Å²) in [5.41, 5.74) is 1.45. The summed E-state index contributed by atoms with van der Waals surface area (Å²) < 4.78 is 27.3. The van der Waals surface area contributed by atoms with Crippen LogP contribution in [0.5, 0.6) is 11.5 Å². The van der Waals surface area contributed by atoms with Crippen LogP contribution in [0.3, 0.4) is 0 Å². The van der Waals surface area contributed by atoms with Crippen LogP contribution in [0.2, 0.25) is 0 Å². The van der Waals surface area contributed by atoms with Gasteiger partial charge in [-0.2, -0.15) is 0 Å². The fourth-order valence-corrected chi connectivity index (χ4v) is 3.45. The van der Waals surface area contributed by atoms with Crippen LogP contribution in [-0.4, -0.2) is 43.9 Å². The first-order valence-electron chi connectivity index (χ1n) is 8.27. The first-order chi connectivity index (χ1) is 10.9. The normalized spacial score (nSPS) is 33.4. The Hall–Kier alpha value is -1.68. The zero-order chi connectivity index (χ0) is 16.8. The second-order valence-electron chi connectivity index (χ2n) is 5.70. The number of hydrogen-bond donors (Lipinski definition) is 1. The highest BCUT2D eigenvalue weighted by molar-refractivity contribution is 5.49. The number of aliphatic hydroxyl groups is 1. The summed E-state index contributed by atoms with van der Waals surface area (Å²) >= 11 is 0. The number of methoxy groups -OCH3 is 2. The van der Waals surface area contributed by atoms with Gasteiger partial charge in [0.25, 0.3) is 0 Å².